The van der Waals surface area contributed by atoms with Crippen molar-refractivity contribution in [2.75, 3.05) is 0 Å². The Balaban J connectivity index is 2.20. The molecule has 14 heavy (non-hydrogen) atoms. The van der Waals surface area contributed by atoms with Crippen molar-refractivity contribution < 1.29 is 18.3 Å². The fourth-order valence-electron chi connectivity index (χ4n) is 0.581. The molecule has 0 saturated carbocycles. The number of phosphoric acid groups is 1. The van der Waals surface area contributed by atoms with E-state index in [0.717, 1.165) is 14.7 Å². The van der Waals surface area contributed by atoms with E-state index in [9.17, 15) is 4.57 Å². The molecule has 0 atom stereocenters. The van der Waals surface area contributed by atoms with Crippen LogP contribution in [0.2, 0.25) is 0 Å². The van der Waals surface area contributed by atoms with Gasteiger partial charge in [0.25, 0.3) is 0 Å². The summed E-state index contributed by atoms with van der Waals surface area (Å²) in [5.41, 5.74) is 0. The van der Waals surface area contributed by atoms with Crippen LogP contribution in [0.1, 0.15) is 0 Å². The van der Waals surface area contributed by atoms with E-state index in [1.165, 1.54) is 10.8 Å². The first-order valence-corrected chi connectivity index (χ1v) is 8.32. The summed E-state index contributed by atoms with van der Waals surface area (Å²) in [4.78, 5) is 17.7. The molecule has 1 aromatic rings. The first-order valence-electron chi connectivity index (χ1n) is 3.38. The molecule has 0 radical (unpaired) electrons. The second-order valence-corrected chi connectivity index (χ2v) is 7.13. The summed E-state index contributed by atoms with van der Waals surface area (Å²) in [6.45, 7) is 0. The lowest BCUT2D eigenvalue weighted by Gasteiger charge is -2.01. The number of hydrogen-bond donors (Lipinski definition) is 2. The van der Waals surface area contributed by atoms with Crippen LogP contribution in [-0.2, 0) is 8.54 Å². The fraction of sp³-hybridized carbons (Fsp3) is 0. The molecule has 0 bridgehead atoms. The Morgan fingerprint density at radius 2 is 1.86 bits per heavy atom. The lowest BCUT2D eigenvalue weighted by atomic mass is 10.4. The van der Waals surface area contributed by atoms with E-state index in [4.69, 9.17) is 9.79 Å². The summed E-state index contributed by atoms with van der Waals surface area (Å²) in [5.74, 6) is 0. The van der Waals surface area contributed by atoms with Crippen molar-refractivity contribution in [3.63, 3.8) is 0 Å². The lowest BCUT2D eigenvalue weighted by Crippen LogP contribution is -1.74. The highest BCUT2D eigenvalue weighted by Crippen LogP contribution is 2.49. The highest BCUT2D eigenvalue weighted by Gasteiger charge is 2.14. The topological polar surface area (TPSA) is 66.8 Å². The predicted octanol–water partition coefficient (Wildman–Crippen LogP) is 3.10. The monoisotopic (exact) mass is 270 g/mol. The maximum absolute atomic E-state index is 10.3. The van der Waals surface area contributed by atoms with Gasteiger partial charge in [0.1, 0.15) is 0 Å². The van der Waals surface area contributed by atoms with Crippen LogP contribution in [0, 0.1) is 0 Å². The van der Waals surface area contributed by atoms with Gasteiger partial charge in [-0.1, -0.05) is 18.2 Å². The molecule has 0 spiro atoms. The van der Waals surface area contributed by atoms with Gasteiger partial charge in [-0.25, -0.2) is 8.54 Å². The Kier molecular flexibility index (Phi) is 5.40. The van der Waals surface area contributed by atoms with Gasteiger partial charge in [-0.15, -0.1) is 0 Å². The lowest BCUT2D eigenvalue weighted by molar-refractivity contribution is 0.300. The maximum atomic E-state index is 10.3. The molecule has 4 nitrogen and oxygen atoms in total. The van der Waals surface area contributed by atoms with Crippen LogP contribution in [0.3, 0.4) is 0 Å². The molecular formula is C6H7O4PS3. The quantitative estimate of drug-likeness (QED) is 0.369. The molecule has 0 unspecified atom stereocenters. The first-order chi connectivity index (χ1) is 6.58. The second kappa shape index (κ2) is 6.07. The molecule has 0 aliphatic heterocycles. The minimum atomic E-state index is -4.36. The van der Waals surface area contributed by atoms with E-state index in [-0.39, 0.29) is 0 Å². The molecule has 0 aromatic heterocycles. The van der Waals surface area contributed by atoms with Gasteiger partial charge in [-0.3, -0.25) is 0 Å². The summed E-state index contributed by atoms with van der Waals surface area (Å²) in [7, 11) is -1.83. The molecule has 2 N–H and O–H groups in total. The minimum Gasteiger partial charge on any atom is -0.302 e. The summed E-state index contributed by atoms with van der Waals surface area (Å²) in [6, 6.07) is 9.47. The van der Waals surface area contributed by atoms with Gasteiger partial charge >= 0.3 is 7.82 Å². The van der Waals surface area contributed by atoms with E-state index >= 15 is 0 Å². The van der Waals surface area contributed by atoms with E-state index < -0.39 is 7.82 Å². The molecule has 0 heterocycles. The van der Waals surface area contributed by atoms with Crippen LogP contribution in [-0.4, -0.2) is 9.79 Å². The Morgan fingerprint density at radius 3 is 2.43 bits per heavy atom. The molecular weight excluding hydrogens is 263 g/mol. The second-order valence-electron chi connectivity index (χ2n) is 2.10. The van der Waals surface area contributed by atoms with Crippen LogP contribution >= 0.6 is 39.5 Å². The van der Waals surface area contributed by atoms with Crippen LogP contribution in [0.15, 0.2) is 35.2 Å². The average molecular weight is 270 g/mol. The largest absolute Gasteiger partial charge is 0.481 e. The SMILES string of the molecule is O=P(O)(O)OSSSc1ccccc1. The van der Waals surface area contributed by atoms with Gasteiger partial charge in [-0.05, 0) is 22.9 Å². The van der Waals surface area contributed by atoms with E-state index in [1.807, 2.05) is 30.3 Å². The molecule has 0 amide bonds. The molecule has 78 valence electrons. The number of rotatable bonds is 5. The first kappa shape index (κ1) is 12.4. The third-order valence-electron chi connectivity index (χ3n) is 1.03. The molecule has 1 aromatic carbocycles. The maximum Gasteiger partial charge on any atom is 0.481 e. The summed E-state index contributed by atoms with van der Waals surface area (Å²) >= 11 is 0.672. The van der Waals surface area contributed by atoms with Crippen LogP contribution in [0.4, 0.5) is 0 Å². The Labute approximate surface area is 93.1 Å². The van der Waals surface area contributed by atoms with E-state index in [0.29, 0.717) is 11.1 Å². The Bertz CT molecular complexity index is 314. The minimum absolute atomic E-state index is 0.672. The molecule has 0 aliphatic carbocycles. The number of hydrogen-bond acceptors (Lipinski definition) is 5. The van der Waals surface area contributed by atoms with Crippen molar-refractivity contribution in [2.24, 2.45) is 0 Å². The summed E-state index contributed by atoms with van der Waals surface area (Å²) < 4.78 is 14.4. The Hall–Kier alpha value is 0.380. The van der Waals surface area contributed by atoms with Crippen LogP contribution in [0.5, 0.6) is 0 Å². The zero-order chi connectivity index (χ0) is 10.4. The third kappa shape index (κ3) is 5.98. The van der Waals surface area contributed by atoms with Crippen molar-refractivity contribution in [1.82, 2.24) is 0 Å². The van der Waals surface area contributed by atoms with E-state index in [2.05, 4.69) is 3.97 Å². The molecule has 1 rings (SSSR count). The van der Waals surface area contributed by atoms with Crippen molar-refractivity contribution in [2.45, 2.75) is 4.90 Å². The predicted molar refractivity (Wildman–Crippen MR) is 60.6 cm³/mol. The molecule has 0 aliphatic rings. The van der Waals surface area contributed by atoms with Crippen molar-refractivity contribution >= 4 is 39.5 Å². The van der Waals surface area contributed by atoms with Gasteiger partial charge in [0.15, 0.2) is 0 Å². The highest BCUT2D eigenvalue weighted by atomic mass is 33.5. The number of benzene rings is 1. The van der Waals surface area contributed by atoms with Crippen molar-refractivity contribution in [1.29, 1.82) is 0 Å². The average Bonchev–Trinajstić information content (AvgIpc) is 2.13. The standard InChI is InChI=1S/C6H7O4PS3/c7-11(8,9)10-13-14-12-6-4-2-1-3-5-6/h1-5H,(H2,7,8,9). The van der Waals surface area contributed by atoms with Crippen molar-refractivity contribution in [3.8, 4) is 0 Å². The fourth-order valence-corrected chi connectivity index (χ4v) is 4.59. The Morgan fingerprint density at radius 1 is 1.21 bits per heavy atom. The van der Waals surface area contributed by atoms with Crippen molar-refractivity contribution in [3.05, 3.63) is 30.3 Å². The molecule has 0 fully saturated rings. The van der Waals surface area contributed by atoms with Crippen LogP contribution in [0.25, 0.3) is 0 Å². The molecule has 0 saturated heterocycles. The normalized spacial score (nSPS) is 11.6. The molecule has 8 heteroatoms. The van der Waals surface area contributed by atoms with Gasteiger partial charge in [0.05, 0.1) is 11.1 Å². The highest BCUT2D eigenvalue weighted by molar-refractivity contribution is 9.08. The zero-order valence-electron chi connectivity index (χ0n) is 6.77. The smallest absolute Gasteiger partial charge is 0.302 e. The zero-order valence-corrected chi connectivity index (χ0v) is 10.1. The van der Waals surface area contributed by atoms with Crippen LogP contribution < -0.4 is 0 Å². The summed E-state index contributed by atoms with van der Waals surface area (Å²) in [6.07, 6.45) is 0. The van der Waals surface area contributed by atoms with Gasteiger partial charge in [-0.2, -0.15) is 0 Å². The van der Waals surface area contributed by atoms with E-state index in [1.54, 1.807) is 0 Å². The van der Waals surface area contributed by atoms with Gasteiger partial charge < -0.3 is 9.79 Å². The van der Waals surface area contributed by atoms with Gasteiger partial charge in [0, 0.05) is 14.7 Å². The summed E-state index contributed by atoms with van der Waals surface area (Å²) in [5, 5.41) is 0. The van der Waals surface area contributed by atoms with Gasteiger partial charge in [0.2, 0.25) is 0 Å². The third-order valence-corrected chi connectivity index (χ3v) is 5.25.